The van der Waals surface area contributed by atoms with E-state index in [-0.39, 0.29) is 11.4 Å². The lowest BCUT2D eigenvalue weighted by Gasteiger charge is -2.38. The Hall–Kier alpha value is -1.69. The van der Waals surface area contributed by atoms with E-state index < -0.39 is 11.6 Å². The molecule has 3 N–H and O–H groups in total. The largest absolute Gasteiger partial charge is 0.477 e. The van der Waals surface area contributed by atoms with Gasteiger partial charge in [0.1, 0.15) is 17.0 Å². The fourth-order valence-corrected chi connectivity index (χ4v) is 1.80. The summed E-state index contributed by atoms with van der Waals surface area (Å²) in [6.07, 6.45) is 3.97. The highest BCUT2D eigenvalue weighted by Crippen LogP contribution is 2.42. The Labute approximate surface area is 92.5 Å². The van der Waals surface area contributed by atoms with Gasteiger partial charge in [0.25, 0.3) is 0 Å². The smallest absolute Gasteiger partial charge is 0.341 e. The average Bonchev–Trinajstić information content (AvgIpc) is 2.16. The first-order valence-corrected chi connectivity index (χ1v) is 5.00. The van der Waals surface area contributed by atoms with Crippen molar-refractivity contribution in [1.29, 1.82) is 0 Å². The van der Waals surface area contributed by atoms with Gasteiger partial charge in [0, 0.05) is 13.3 Å². The van der Waals surface area contributed by atoms with Crippen LogP contribution in [0.1, 0.15) is 35.4 Å². The quantitative estimate of drug-likeness (QED) is 0.785. The molecule has 1 aromatic rings. The molecule has 0 unspecified atom stereocenters. The first-order chi connectivity index (χ1) is 7.59. The molecule has 86 valence electrons. The third-order valence-corrected chi connectivity index (χ3v) is 3.01. The number of aromatic carboxylic acids is 1. The molecule has 16 heavy (non-hydrogen) atoms. The lowest BCUT2D eigenvalue weighted by atomic mass is 9.79. The van der Waals surface area contributed by atoms with Gasteiger partial charge in [-0.05, 0) is 19.3 Å². The molecule has 0 saturated heterocycles. The molecular formula is C10H13N3O3. The number of nitrogen functional groups attached to an aromatic ring is 1. The van der Waals surface area contributed by atoms with Crippen LogP contribution in [0.2, 0.25) is 0 Å². The molecule has 0 atom stereocenters. The zero-order valence-electron chi connectivity index (χ0n) is 8.93. The maximum Gasteiger partial charge on any atom is 0.341 e. The Morgan fingerprint density at radius 3 is 2.69 bits per heavy atom. The van der Waals surface area contributed by atoms with Gasteiger partial charge in [-0.1, -0.05) is 0 Å². The molecule has 0 radical (unpaired) electrons. The van der Waals surface area contributed by atoms with Crippen molar-refractivity contribution in [3.8, 4) is 0 Å². The first kappa shape index (κ1) is 10.8. The van der Waals surface area contributed by atoms with Gasteiger partial charge in [-0.15, -0.1) is 0 Å². The third kappa shape index (κ3) is 1.51. The zero-order chi connectivity index (χ0) is 11.8. The SMILES string of the molecule is COC1(c2ncc(C(=O)O)c(N)n2)CCC1. The van der Waals surface area contributed by atoms with Gasteiger partial charge < -0.3 is 15.6 Å². The normalized spacial score (nSPS) is 17.8. The summed E-state index contributed by atoms with van der Waals surface area (Å²) < 4.78 is 5.39. The van der Waals surface area contributed by atoms with Crippen molar-refractivity contribution in [3.63, 3.8) is 0 Å². The number of rotatable bonds is 3. The van der Waals surface area contributed by atoms with Crippen LogP contribution >= 0.6 is 0 Å². The standard InChI is InChI=1S/C10H13N3O3/c1-16-10(3-2-4-10)9-12-5-6(8(14)15)7(11)13-9/h5H,2-4H2,1H3,(H,14,15)(H2,11,12,13). The van der Waals surface area contributed by atoms with Crippen LogP contribution < -0.4 is 5.73 Å². The van der Waals surface area contributed by atoms with Crippen LogP contribution in [-0.4, -0.2) is 28.2 Å². The van der Waals surface area contributed by atoms with E-state index in [1.807, 2.05) is 0 Å². The highest BCUT2D eigenvalue weighted by atomic mass is 16.5. The number of nitrogens with two attached hydrogens (primary N) is 1. The number of hydrogen-bond donors (Lipinski definition) is 2. The Morgan fingerprint density at radius 2 is 2.31 bits per heavy atom. The summed E-state index contributed by atoms with van der Waals surface area (Å²) in [5.41, 5.74) is 5.02. The molecule has 0 spiro atoms. The van der Waals surface area contributed by atoms with Gasteiger partial charge in [-0.25, -0.2) is 14.8 Å². The molecule has 6 nitrogen and oxygen atoms in total. The molecule has 0 amide bonds. The molecule has 1 saturated carbocycles. The summed E-state index contributed by atoms with van der Waals surface area (Å²) in [7, 11) is 1.60. The molecule has 6 heteroatoms. The minimum Gasteiger partial charge on any atom is -0.477 e. The Bertz CT molecular complexity index is 424. The number of ether oxygens (including phenoxy) is 1. The third-order valence-electron chi connectivity index (χ3n) is 3.01. The Morgan fingerprint density at radius 1 is 1.62 bits per heavy atom. The minimum absolute atomic E-state index is 0.0131. The van der Waals surface area contributed by atoms with E-state index in [0.717, 1.165) is 19.3 Å². The number of carboxylic acid groups (broad SMARTS) is 1. The average molecular weight is 223 g/mol. The predicted molar refractivity (Wildman–Crippen MR) is 55.9 cm³/mol. The van der Waals surface area contributed by atoms with Crippen LogP contribution in [0.5, 0.6) is 0 Å². The molecule has 1 fully saturated rings. The van der Waals surface area contributed by atoms with Crippen LogP contribution in [0.4, 0.5) is 5.82 Å². The molecule has 0 aromatic carbocycles. The Balaban J connectivity index is 2.37. The summed E-state index contributed by atoms with van der Waals surface area (Å²) >= 11 is 0. The van der Waals surface area contributed by atoms with E-state index in [1.54, 1.807) is 7.11 Å². The van der Waals surface area contributed by atoms with Crippen molar-refractivity contribution in [1.82, 2.24) is 9.97 Å². The highest BCUT2D eigenvalue weighted by molar-refractivity contribution is 5.92. The van der Waals surface area contributed by atoms with Crippen LogP contribution in [-0.2, 0) is 10.3 Å². The summed E-state index contributed by atoms with van der Waals surface area (Å²) in [5, 5.41) is 8.80. The van der Waals surface area contributed by atoms with Gasteiger partial charge in [0.15, 0.2) is 5.82 Å². The minimum atomic E-state index is -1.12. The maximum atomic E-state index is 10.7. The van der Waals surface area contributed by atoms with Gasteiger partial charge >= 0.3 is 5.97 Å². The lowest BCUT2D eigenvalue weighted by Crippen LogP contribution is -2.38. The summed E-state index contributed by atoms with van der Waals surface area (Å²) in [5.74, 6) is -0.659. The van der Waals surface area contributed by atoms with E-state index in [1.165, 1.54) is 6.20 Å². The number of aromatic nitrogens is 2. The van der Waals surface area contributed by atoms with Crippen molar-refractivity contribution in [2.45, 2.75) is 24.9 Å². The van der Waals surface area contributed by atoms with Gasteiger partial charge in [0.2, 0.25) is 0 Å². The van der Waals surface area contributed by atoms with E-state index in [0.29, 0.717) is 5.82 Å². The van der Waals surface area contributed by atoms with Crippen LogP contribution in [0, 0.1) is 0 Å². The van der Waals surface area contributed by atoms with Gasteiger partial charge in [-0.3, -0.25) is 0 Å². The highest BCUT2D eigenvalue weighted by Gasteiger charge is 2.42. The summed E-state index contributed by atoms with van der Waals surface area (Å²) in [4.78, 5) is 18.8. The van der Waals surface area contributed by atoms with Gasteiger partial charge in [-0.2, -0.15) is 0 Å². The lowest BCUT2D eigenvalue weighted by molar-refractivity contribution is -0.0845. The molecule has 1 aromatic heterocycles. The summed E-state index contributed by atoms with van der Waals surface area (Å²) in [6.45, 7) is 0. The maximum absolute atomic E-state index is 10.7. The van der Waals surface area contributed by atoms with Crippen LogP contribution in [0.15, 0.2) is 6.20 Å². The van der Waals surface area contributed by atoms with Crippen molar-refractivity contribution in [2.24, 2.45) is 0 Å². The second-order valence-electron chi connectivity index (χ2n) is 3.85. The second-order valence-corrected chi connectivity index (χ2v) is 3.85. The molecular weight excluding hydrogens is 210 g/mol. The van der Waals surface area contributed by atoms with E-state index in [2.05, 4.69) is 9.97 Å². The predicted octanol–water partition coefficient (Wildman–Crippen LogP) is 0.783. The number of anilines is 1. The Kier molecular flexibility index (Phi) is 2.51. The van der Waals surface area contributed by atoms with E-state index in [9.17, 15) is 4.79 Å². The summed E-state index contributed by atoms with van der Waals surface area (Å²) in [6, 6.07) is 0. The fraction of sp³-hybridized carbons (Fsp3) is 0.500. The van der Waals surface area contributed by atoms with Crippen molar-refractivity contribution in [2.75, 3.05) is 12.8 Å². The van der Waals surface area contributed by atoms with Crippen LogP contribution in [0.3, 0.4) is 0 Å². The number of hydrogen-bond acceptors (Lipinski definition) is 5. The molecule has 1 aliphatic carbocycles. The first-order valence-electron chi connectivity index (χ1n) is 5.00. The van der Waals surface area contributed by atoms with Gasteiger partial charge in [0.05, 0.1) is 0 Å². The van der Waals surface area contributed by atoms with E-state index >= 15 is 0 Å². The van der Waals surface area contributed by atoms with Crippen molar-refractivity contribution < 1.29 is 14.6 Å². The number of carboxylic acids is 1. The zero-order valence-corrected chi connectivity index (χ0v) is 8.93. The fourth-order valence-electron chi connectivity index (χ4n) is 1.80. The van der Waals surface area contributed by atoms with E-state index in [4.69, 9.17) is 15.6 Å². The number of methoxy groups -OCH3 is 1. The molecule has 0 bridgehead atoms. The molecule has 2 rings (SSSR count). The van der Waals surface area contributed by atoms with Crippen molar-refractivity contribution >= 4 is 11.8 Å². The van der Waals surface area contributed by atoms with Crippen molar-refractivity contribution in [3.05, 3.63) is 17.6 Å². The monoisotopic (exact) mass is 223 g/mol. The second kappa shape index (κ2) is 3.71. The number of nitrogens with zero attached hydrogens (tertiary/aromatic N) is 2. The molecule has 0 aliphatic heterocycles. The van der Waals surface area contributed by atoms with Crippen LogP contribution in [0.25, 0.3) is 0 Å². The number of carbonyl (C=O) groups is 1. The topological polar surface area (TPSA) is 98.3 Å². The molecule has 1 heterocycles. The molecule has 1 aliphatic rings.